The normalized spacial score (nSPS) is 15.4. The standard InChI is InChI=1S/C17H19N/c1-12-5-7-14(8-6-12)16-10-9-15(18)11-17(16)13-3-2-4-13/h5-11,13H,2-4,18H2,1H3. The van der Waals surface area contributed by atoms with Crippen LogP contribution in [0.3, 0.4) is 0 Å². The quantitative estimate of drug-likeness (QED) is 0.764. The molecule has 18 heavy (non-hydrogen) atoms. The van der Waals surface area contributed by atoms with Gasteiger partial charge in [0.15, 0.2) is 0 Å². The first-order chi connectivity index (χ1) is 8.74. The van der Waals surface area contributed by atoms with Crippen molar-refractivity contribution in [2.75, 3.05) is 5.73 Å². The van der Waals surface area contributed by atoms with Crippen LogP contribution in [0, 0.1) is 6.92 Å². The summed E-state index contributed by atoms with van der Waals surface area (Å²) < 4.78 is 0. The Bertz CT molecular complexity index is 550. The maximum absolute atomic E-state index is 5.95. The van der Waals surface area contributed by atoms with Gasteiger partial charge in [0.05, 0.1) is 0 Å². The smallest absolute Gasteiger partial charge is 0.0317 e. The summed E-state index contributed by atoms with van der Waals surface area (Å²) in [6.07, 6.45) is 3.97. The highest BCUT2D eigenvalue weighted by Gasteiger charge is 2.22. The van der Waals surface area contributed by atoms with E-state index in [0.717, 1.165) is 5.69 Å². The number of nitrogen functional groups attached to an aromatic ring is 1. The van der Waals surface area contributed by atoms with E-state index in [4.69, 9.17) is 5.73 Å². The monoisotopic (exact) mass is 237 g/mol. The Balaban J connectivity index is 2.07. The second-order valence-electron chi connectivity index (χ2n) is 5.34. The largest absolute Gasteiger partial charge is 0.399 e. The van der Waals surface area contributed by atoms with E-state index in [1.54, 1.807) is 0 Å². The first kappa shape index (κ1) is 11.3. The lowest BCUT2D eigenvalue weighted by molar-refractivity contribution is 0.420. The second-order valence-corrected chi connectivity index (χ2v) is 5.34. The molecule has 1 heteroatoms. The summed E-state index contributed by atoms with van der Waals surface area (Å²) in [6, 6.07) is 15.1. The van der Waals surface area contributed by atoms with Crippen LogP contribution in [0.2, 0.25) is 0 Å². The lowest BCUT2D eigenvalue weighted by atomic mass is 9.77. The van der Waals surface area contributed by atoms with Crippen molar-refractivity contribution >= 4 is 5.69 Å². The summed E-state index contributed by atoms with van der Waals surface area (Å²) in [6.45, 7) is 2.12. The van der Waals surface area contributed by atoms with Gasteiger partial charge >= 0.3 is 0 Å². The number of aryl methyl sites for hydroxylation is 1. The first-order valence-corrected chi connectivity index (χ1v) is 6.70. The van der Waals surface area contributed by atoms with Crippen molar-refractivity contribution in [1.29, 1.82) is 0 Å². The van der Waals surface area contributed by atoms with E-state index in [2.05, 4.69) is 43.3 Å². The van der Waals surface area contributed by atoms with E-state index in [1.165, 1.54) is 41.5 Å². The molecule has 0 radical (unpaired) electrons. The first-order valence-electron chi connectivity index (χ1n) is 6.70. The summed E-state index contributed by atoms with van der Waals surface area (Å²) in [5.41, 5.74) is 12.2. The number of anilines is 1. The summed E-state index contributed by atoms with van der Waals surface area (Å²) in [5, 5.41) is 0. The van der Waals surface area contributed by atoms with Crippen LogP contribution in [-0.4, -0.2) is 0 Å². The van der Waals surface area contributed by atoms with Gasteiger partial charge in [-0.2, -0.15) is 0 Å². The highest BCUT2D eigenvalue weighted by atomic mass is 14.5. The summed E-state index contributed by atoms with van der Waals surface area (Å²) >= 11 is 0. The zero-order chi connectivity index (χ0) is 12.5. The summed E-state index contributed by atoms with van der Waals surface area (Å²) in [7, 11) is 0. The molecule has 0 aliphatic heterocycles. The minimum Gasteiger partial charge on any atom is -0.399 e. The minimum absolute atomic E-state index is 0.713. The molecule has 1 saturated carbocycles. The van der Waals surface area contributed by atoms with Crippen LogP contribution < -0.4 is 5.73 Å². The van der Waals surface area contributed by atoms with Crippen molar-refractivity contribution in [3.05, 3.63) is 53.6 Å². The van der Waals surface area contributed by atoms with Gasteiger partial charge in [0.25, 0.3) is 0 Å². The fourth-order valence-electron chi connectivity index (χ4n) is 2.63. The van der Waals surface area contributed by atoms with Crippen molar-refractivity contribution in [2.24, 2.45) is 0 Å². The molecule has 92 valence electrons. The van der Waals surface area contributed by atoms with Gasteiger partial charge in [0.1, 0.15) is 0 Å². The van der Waals surface area contributed by atoms with E-state index in [1.807, 2.05) is 6.07 Å². The van der Waals surface area contributed by atoms with Gasteiger partial charge in [-0.3, -0.25) is 0 Å². The Morgan fingerprint density at radius 1 is 1.00 bits per heavy atom. The third-order valence-corrected chi connectivity index (χ3v) is 3.98. The lowest BCUT2D eigenvalue weighted by Crippen LogP contribution is -2.10. The van der Waals surface area contributed by atoms with Crippen LogP contribution in [0.5, 0.6) is 0 Å². The van der Waals surface area contributed by atoms with Gasteiger partial charge in [0, 0.05) is 5.69 Å². The molecular weight excluding hydrogens is 218 g/mol. The minimum atomic E-state index is 0.713. The predicted octanol–water partition coefficient (Wildman–Crippen LogP) is 4.51. The average molecular weight is 237 g/mol. The third kappa shape index (κ3) is 2.01. The average Bonchev–Trinajstić information content (AvgIpc) is 2.29. The maximum atomic E-state index is 5.95. The topological polar surface area (TPSA) is 26.0 Å². The summed E-state index contributed by atoms with van der Waals surface area (Å²) in [5.74, 6) is 0.713. The van der Waals surface area contributed by atoms with Gasteiger partial charge < -0.3 is 5.73 Å². The molecule has 3 rings (SSSR count). The molecule has 1 nitrogen and oxygen atoms in total. The molecule has 0 aromatic heterocycles. The highest BCUT2D eigenvalue weighted by Crippen LogP contribution is 2.41. The van der Waals surface area contributed by atoms with Gasteiger partial charge in [-0.25, -0.2) is 0 Å². The molecule has 1 aliphatic rings. The lowest BCUT2D eigenvalue weighted by Gasteiger charge is -2.28. The maximum Gasteiger partial charge on any atom is 0.0317 e. The second kappa shape index (κ2) is 4.49. The fraction of sp³-hybridized carbons (Fsp3) is 0.294. The zero-order valence-corrected chi connectivity index (χ0v) is 10.8. The zero-order valence-electron chi connectivity index (χ0n) is 10.8. The Labute approximate surface area is 109 Å². The fourth-order valence-corrected chi connectivity index (χ4v) is 2.63. The SMILES string of the molecule is Cc1ccc(-c2ccc(N)cc2C2CCC2)cc1. The predicted molar refractivity (Wildman–Crippen MR) is 77.6 cm³/mol. The Kier molecular flexibility index (Phi) is 2.83. The van der Waals surface area contributed by atoms with Crippen molar-refractivity contribution in [2.45, 2.75) is 32.1 Å². The van der Waals surface area contributed by atoms with Gasteiger partial charge in [-0.15, -0.1) is 0 Å². The van der Waals surface area contributed by atoms with E-state index < -0.39 is 0 Å². The van der Waals surface area contributed by atoms with Crippen molar-refractivity contribution in [1.82, 2.24) is 0 Å². The molecule has 2 aromatic rings. The molecule has 1 fully saturated rings. The highest BCUT2D eigenvalue weighted by molar-refractivity contribution is 5.71. The van der Waals surface area contributed by atoms with Crippen molar-refractivity contribution < 1.29 is 0 Å². The molecule has 0 saturated heterocycles. The number of hydrogen-bond donors (Lipinski definition) is 1. The third-order valence-electron chi connectivity index (χ3n) is 3.98. The number of rotatable bonds is 2. The van der Waals surface area contributed by atoms with Crippen LogP contribution in [0.4, 0.5) is 5.69 Å². The molecule has 0 atom stereocenters. The molecule has 2 aromatic carbocycles. The van der Waals surface area contributed by atoms with Crippen LogP contribution in [0.25, 0.3) is 11.1 Å². The van der Waals surface area contributed by atoms with Crippen LogP contribution >= 0.6 is 0 Å². The molecule has 1 aliphatic carbocycles. The number of nitrogens with two attached hydrogens (primary N) is 1. The van der Waals surface area contributed by atoms with Crippen molar-refractivity contribution in [3.63, 3.8) is 0 Å². The Morgan fingerprint density at radius 2 is 1.72 bits per heavy atom. The molecule has 2 N–H and O–H groups in total. The summed E-state index contributed by atoms with van der Waals surface area (Å²) in [4.78, 5) is 0. The van der Waals surface area contributed by atoms with E-state index >= 15 is 0 Å². The van der Waals surface area contributed by atoms with Crippen LogP contribution in [0.1, 0.15) is 36.3 Å². The van der Waals surface area contributed by atoms with Gasteiger partial charge in [0.2, 0.25) is 0 Å². The van der Waals surface area contributed by atoms with Gasteiger partial charge in [-0.1, -0.05) is 42.3 Å². The Hall–Kier alpha value is -1.76. The van der Waals surface area contributed by atoms with Crippen molar-refractivity contribution in [3.8, 4) is 11.1 Å². The molecule has 0 bridgehead atoms. The van der Waals surface area contributed by atoms with Gasteiger partial charge in [-0.05, 0) is 54.5 Å². The van der Waals surface area contributed by atoms with E-state index in [0.29, 0.717) is 5.92 Å². The van der Waals surface area contributed by atoms with E-state index in [-0.39, 0.29) is 0 Å². The Morgan fingerprint density at radius 3 is 2.33 bits per heavy atom. The molecular formula is C17H19N. The number of hydrogen-bond acceptors (Lipinski definition) is 1. The number of benzene rings is 2. The molecule has 0 unspecified atom stereocenters. The molecule has 0 amide bonds. The van der Waals surface area contributed by atoms with E-state index in [9.17, 15) is 0 Å². The van der Waals surface area contributed by atoms with Crippen LogP contribution in [0.15, 0.2) is 42.5 Å². The molecule has 0 spiro atoms. The van der Waals surface area contributed by atoms with Crippen LogP contribution in [-0.2, 0) is 0 Å². The molecule has 0 heterocycles.